The molecule has 3 rings (SSSR count). The van der Waals surface area contributed by atoms with Crippen molar-refractivity contribution in [3.05, 3.63) is 52.5 Å². The minimum atomic E-state index is -4.52. The molecule has 0 bridgehead atoms. The minimum absolute atomic E-state index is 0. The summed E-state index contributed by atoms with van der Waals surface area (Å²) in [6.45, 7) is 0. The maximum absolute atomic E-state index is 12.4. The van der Waals surface area contributed by atoms with Gasteiger partial charge in [-0.1, -0.05) is 35.0 Å². The Kier molecular flexibility index (Phi) is 6.75. The van der Waals surface area contributed by atoms with E-state index in [0.29, 0.717) is 10.0 Å². The van der Waals surface area contributed by atoms with Crippen molar-refractivity contribution in [3.63, 3.8) is 0 Å². The van der Waals surface area contributed by atoms with E-state index in [9.17, 15) is 13.5 Å². The van der Waals surface area contributed by atoms with Gasteiger partial charge in [-0.3, -0.25) is 4.55 Å². The number of hydrogen-bond donors (Lipinski definition) is 2. The third-order valence-electron chi connectivity index (χ3n) is 3.52. The molecule has 3 aromatic carbocycles. The monoisotopic (exact) mass is 433 g/mol. The average Bonchev–Trinajstić information content (AvgIpc) is 2.56. The zero-order valence-electron chi connectivity index (χ0n) is 13.8. The van der Waals surface area contributed by atoms with Gasteiger partial charge in [0.2, 0.25) is 0 Å². The van der Waals surface area contributed by atoms with Crippen LogP contribution in [-0.2, 0) is 10.1 Å². The van der Waals surface area contributed by atoms with Crippen LogP contribution in [0.3, 0.4) is 0 Å². The number of fused-ring (bicyclic) bond motifs is 1. The van der Waals surface area contributed by atoms with Crippen LogP contribution in [0.15, 0.2) is 57.6 Å². The molecule has 0 aromatic heterocycles. The van der Waals surface area contributed by atoms with Gasteiger partial charge in [0.15, 0.2) is 0 Å². The van der Waals surface area contributed by atoms with Crippen molar-refractivity contribution in [1.29, 1.82) is 0 Å². The van der Waals surface area contributed by atoms with Crippen LogP contribution in [0, 0.1) is 0 Å². The van der Waals surface area contributed by atoms with Crippen LogP contribution in [0.1, 0.15) is 0 Å². The Labute approximate surface area is 186 Å². The first-order chi connectivity index (χ1) is 12.2. The second-order valence-corrected chi connectivity index (χ2v) is 7.56. The zero-order chi connectivity index (χ0) is 19.1. The third-order valence-corrected chi connectivity index (χ3v) is 4.91. The van der Waals surface area contributed by atoms with Gasteiger partial charge in [-0.05, 0) is 41.8 Å². The Hall–Kier alpha value is -1.39. The molecule has 134 valence electrons. The normalized spacial score (nSPS) is 11.7. The van der Waals surface area contributed by atoms with E-state index in [1.807, 2.05) is 0 Å². The molecule has 0 amide bonds. The molecule has 0 fully saturated rings. The van der Waals surface area contributed by atoms with Crippen LogP contribution < -0.4 is 40.4 Å². The molecule has 0 atom stereocenters. The Morgan fingerprint density at radius 1 is 1.04 bits per heavy atom. The Morgan fingerprint density at radius 2 is 1.74 bits per heavy atom. The Balaban J connectivity index is 0.00000261. The predicted octanol–water partition coefficient (Wildman–Crippen LogP) is 1.47. The Bertz CT molecular complexity index is 1170. The van der Waals surface area contributed by atoms with Crippen molar-refractivity contribution in [2.24, 2.45) is 10.2 Å². The number of hydrogen-bond acceptors (Lipinski definition) is 6. The molecule has 0 aliphatic rings. The molecule has 3 N–H and O–H groups in total. The number of nitrogen functional groups attached to an aromatic ring is 1. The smallest absolute Gasteiger partial charge is 0.872 e. The molecule has 0 radical (unpaired) electrons. The van der Waals surface area contributed by atoms with Gasteiger partial charge in [-0.2, -0.15) is 8.42 Å². The first-order valence-corrected chi connectivity index (χ1v) is 9.24. The number of benzene rings is 3. The van der Waals surface area contributed by atoms with Crippen molar-refractivity contribution < 1.29 is 47.6 Å². The summed E-state index contributed by atoms with van der Waals surface area (Å²) >= 11 is 11.9. The fourth-order valence-corrected chi connectivity index (χ4v) is 3.17. The van der Waals surface area contributed by atoms with E-state index in [1.165, 1.54) is 18.2 Å². The van der Waals surface area contributed by atoms with E-state index >= 15 is 0 Å². The number of anilines is 1. The molecule has 0 saturated heterocycles. The van der Waals surface area contributed by atoms with Gasteiger partial charge in [0.05, 0.1) is 15.6 Å². The molecule has 0 heterocycles. The molecule has 27 heavy (non-hydrogen) atoms. The summed E-state index contributed by atoms with van der Waals surface area (Å²) in [7, 11) is -4.52. The summed E-state index contributed by atoms with van der Waals surface area (Å²) in [5, 5.41) is 21.4. The molecule has 7 nitrogen and oxygen atoms in total. The van der Waals surface area contributed by atoms with Gasteiger partial charge in [-0.15, -0.1) is 10.2 Å². The maximum Gasteiger partial charge on any atom is 1.00 e. The van der Waals surface area contributed by atoms with Gasteiger partial charge in [0, 0.05) is 10.4 Å². The summed E-state index contributed by atoms with van der Waals surface area (Å²) < 4.78 is 31.7. The molecule has 3 aromatic rings. The van der Waals surface area contributed by atoms with Crippen LogP contribution >= 0.6 is 23.2 Å². The van der Waals surface area contributed by atoms with Crippen molar-refractivity contribution in [2.45, 2.75) is 4.90 Å². The molecule has 0 unspecified atom stereocenters. The summed E-state index contributed by atoms with van der Waals surface area (Å²) in [6.07, 6.45) is 0. The van der Waals surface area contributed by atoms with Crippen LogP contribution in [-0.4, -0.2) is 13.0 Å². The summed E-state index contributed by atoms with van der Waals surface area (Å²) in [5.74, 6) is -0.673. The fourth-order valence-electron chi connectivity index (χ4n) is 2.32. The van der Waals surface area contributed by atoms with E-state index < -0.39 is 20.8 Å². The summed E-state index contributed by atoms with van der Waals surface area (Å²) in [5.41, 5.74) is 6.39. The summed E-state index contributed by atoms with van der Waals surface area (Å²) in [4.78, 5) is -0.513. The van der Waals surface area contributed by atoms with Gasteiger partial charge >= 0.3 is 29.6 Å². The van der Waals surface area contributed by atoms with E-state index in [4.69, 9.17) is 33.5 Å². The number of nitrogens with two attached hydrogens (primary N) is 1. The van der Waals surface area contributed by atoms with Crippen LogP contribution in [0.2, 0.25) is 10.0 Å². The molecule has 0 spiro atoms. The summed E-state index contributed by atoms with van der Waals surface area (Å²) in [6, 6.07) is 9.46. The molecule has 11 heteroatoms. The number of nitrogens with zero attached hydrogens (tertiary/aromatic N) is 2. The van der Waals surface area contributed by atoms with Crippen molar-refractivity contribution in [1.82, 2.24) is 0 Å². The first-order valence-electron chi connectivity index (χ1n) is 7.04. The van der Waals surface area contributed by atoms with Crippen LogP contribution in [0.25, 0.3) is 10.8 Å². The number of rotatable bonds is 3. The van der Waals surface area contributed by atoms with Crippen LogP contribution in [0.5, 0.6) is 5.75 Å². The topological polar surface area (TPSA) is 128 Å². The SMILES string of the molecule is Nc1ccc2cc(S(=O)(=O)O)cc([O-])c2c1N=Nc1cc(Cl)ccc1Cl.[Na+]. The minimum Gasteiger partial charge on any atom is -0.872 e. The van der Waals surface area contributed by atoms with Crippen molar-refractivity contribution in [3.8, 4) is 5.75 Å². The van der Waals surface area contributed by atoms with Gasteiger partial charge < -0.3 is 10.8 Å². The second kappa shape index (κ2) is 8.32. The van der Waals surface area contributed by atoms with Crippen molar-refractivity contribution >= 4 is 61.2 Å². The molecular formula is C16H10Cl2N3NaO4S. The number of azo groups is 1. The molecular weight excluding hydrogens is 424 g/mol. The van der Waals surface area contributed by atoms with Gasteiger partial charge in [-0.25, -0.2) is 0 Å². The molecule has 0 saturated carbocycles. The standard InChI is InChI=1S/C16H11Cl2N3O4S.Na/c17-9-2-3-11(18)13(6-9)20-21-16-12(19)4-1-8-5-10(26(23,24)25)7-14(22)15(8)16;/h1-7,22H,19H2,(H,23,24,25);/q;+1/p-1. The van der Waals surface area contributed by atoms with E-state index in [2.05, 4.69) is 10.2 Å². The van der Waals surface area contributed by atoms with Gasteiger partial charge in [0.25, 0.3) is 10.1 Å². The molecule has 0 aliphatic heterocycles. The second-order valence-electron chi connectivity index (χ2n) is 5.29. The Morgan fingerprint density at radius 3 is 2.41 bits per heavy atom. The maximum atomic E-state index is 12.4. The predicted molar refractivity (Wildman–Crippen MR) is 98.3 cm³/mol. The first kappa shape index (κ1) is 21.9. The third kappa shape index (κ3) is 4.72. The van der Waals surface area contributed by atoms with Crippen molar-refractivity contribution in [2.75, 3.05) is 5.73 Å². The molecule has 0 aliphatic carbocycles. The van der Waals surface area contributed by atoms with Gasteiger partial charge in [0.1, 0.15) is 11.4 Å². The van der Waals surface area contributed by atoms with E-state index in [0.717, 1.165) is 12.1 Å². The largest absolute Gasteiger partial charge is 1.00 e. The fraction of sp³-hybridized carbons (Fsp3) is 0. The number of halogens is 2. The van der Waals surface area contributed by atoms with E-state index in [-0.39, 0.29) is 57.4 Å². The van der Waals surface area contributed by atoms with E-state index in [1.54, 1.807) is 12.1 Å². The quantitative estimate of drug-likeness (QED) is 0.279. The zero-order valence-corrected chi connectivity index (χ0v) is 18.2. The average molecular weight is 434 g/mol. The van der Waals surface area contributed by atoms with Crippen LogP contribution in [0.4, 0.5) is 17.1 Å².